The van der Waals surface area contributed by atoms with E-state index in [-0.39, 0.29) is 10.7 Å². The summed E-state index contributed by atoms with van der Waals surface area (Å²) >= 11 is 3.40. The Kier molecular flexibility index (Phi) is 2.60. The summed E-state index contributed by atoms with van der Waals surface area (Å²) in [7, 11) is 0. The minimum absolute atomic E-state index is 0.0295. The second-order valence-electron chi connectivity index (χ2n) is 3.54. The molecule has 1 unspecified atom stereocenters. The average Bonchev–Trinajstić information content (AvgIpc) is 2.43. The van der Waals surface area contributed by atoms with Gasteiger partial charge in [-0.3, -0.25) is 9.69 Å². The van der Waals surface area contributed by atoms with E-state index in [9.17, 15) is 4.79 Å². The highest BCUT2D eigenvalue weighted by Crippen LogP contribution is 2.22. The Balaban J connectivity index is 2.33. The van der Waals surface area contributed by atoms with Crippen molar-refractivity contribution in [2.75, 3.05) is 17.2 Å². The number of hydrogen-bond acceptors (Lipinski definition) is 4. The molecule has 1 aromatic heterocycles. The summed E-state index contributed by atoms with van der Waals surface area (Å²) in [6.07, 6.45) is 0.483. The second kappa shape index (κ2) is 3.77. The van der Waals surface area contributed by atoms with Gasteiger partial charge in [-0.1, -0.05) is 15.9 Å². The molecule has 1 aliphatic heterocycles. The van der Waals surface area contributed by atoms with Crippen LogP contribution in [-0.4, -0.2) is 27.2 Å². The van der Waals surface area contributed by atoms with Crippen molar-refractivity contribution in [1.29, 1.82) is 0 Å². The molecule has 2 N–H and O–H groups in total. The fraction of sp³-hybridized carbons (Fsp3) is 0.444. The lowest BCUT2D eigenvalue weighted by Crippen LogP contribution is -2.27. The van der Waals surface area contributed by atoms with Crippen LogP contribution < -0.4 is 10.6 Å². The molecule has 1 atom stereocenters. The molecule has 6 heteroatoms. The Morgan fingerprint density at radius 1 is 1.60 bits per heavy atom. The van der Waals surface area contributed by atoms with Gasteiger partial charge < -0.3 is 5.73 Å². The molecule has 0 saturated carbocycles. The number of anilines is 2. The van der Waals surface area contributed by atoms with Crippen molar-refractivity contribution in [1.82, 2.24) is 9.97 Å². The molecule has 2 heterocycles. The van der Waals surface area contributed by atoms with Gasteiger partial charge in [0.05, 0.1) is 0 Å². The lowest BCUT2D eigenvalue weighted by Gasteiger charge is -2.14. The molecule has 0 bridgehead atoms. The first-order chi connectivity index (χ1) is 7.06. The number of halogens is 1. The smallest absolute Gasteiger partial charge is 0.234 e. The van der Waals surface area contributed by atoms with Gasteiger partial charge in [-0.05, 0) is 6.92 Å². The molecule has 0 radical (unpaired) electrons. The number of rotatable bonds is 1. The number of aryl methyl sites for hydroxylation is 1. The lowest BCUT2D eigenvalue weighted by molar-refractivity contribution is -0.117. The summed E-state index contributed by atoms with van der Waals surface area (Å²) in [5.41, 5.74) is 6.37. The third kappa shape index (κ3) is 2.09. The predicted octanol–water partition coefficient (Wildman–Crippen LogP) is 0.867. The summed E-state index contributed by atoms with van der Waals surface area (Å²) in [6.45, 7) is 2.43. The lowest BCUT2D eigenvalue weighted by atomic mass is 10.4. The maximum Gasteiger partial charge on any atom is 0.234 e. The number of nitrogen functional groups attached to an aromatic ring is 1. The SMILES string of the molecule is Cc1cc(N)nc(N2CC(Br)CC2=O)n1. The minimum atomic E-state index is 0.0295. The fourth-order valence-electron chi connectivity index (χ4n) is 1.55. The Hall–Kier alpha value is -1.17. The summed E-state index contributed by atoms with van der Waals surface area (Å²) < 4.78 is 0. The zero-order valence-corrected chi connectivity index (χ0v) is 9.86. The summed E-state index contributed by atoms with van der Waals surface area (Å²) in [6, 6.07) is 1.68. The van der Waals surface area contributed by atoms with E-state index in [1.165, 1.54) is 0 Å². The predicted molar refractivity (Wildman–Crippen MR) is 60.9 cm³/mol. The average molecular weight is 271 g/mol. The van der Waals surface area contributed by atoms with E-state index in [4.69, 9.17) is 5.73 Å². The van der Waals surface area contributed by atoms with Gasteiger partial charge in [-0.2, -0.15) is 4.98 Å². The zero-order chi connectivity index (χ0) is 11.0. The van der Waals surface area contributed by atoms with Crippen molar-refractivity contribution in [3.63, 3.8) is 0 Å². The van der Waals surface area contributed by atoms with Crippen LogP contribution in [0.5, 0.6) is 0 Å². The molecule has 15 heavy (non-hydrogen) atoms. The number of carbonyl (C=O) groups is 1. The molecule has 1 aliphatic rings. The maximum atomic E-state index is 11.6. The van der Waals surface area contributed by atoms with E-state index >= 15 is 0 Å². The van der Waals surface area contributed by atoms with Crippen molar-refractivity contribution >= 4 is 33.6 Å². The third-order valence-corrected chi connectivity index (χ3v) is 2.79. The quantitative estimate of drug-likeness (QED) is 0.769. The highest BCUT2D eigenvalue weighted by Gasteiger charge is 2.30. The van der Waals surface area contributed by atoms with Crippen LogP contribution in [0.15, 0.2) is 6.07 Å². The third-order valence-electron chi connectivity index (χ3n) is 2.18. The topological polar surface area (TPSA) is 72.1 Å². The van der Waals surface area contributed by atoms with E-state index in [2.05, 4.69) is 25.9 Å². The van der Waals surface area contributed by atoms with E-state index in [1.807, 2.05) is 6.92 Å². The normalized spacial score (nSPS) is 21.1. The van der Waals surface area contributed by atoms with Gasteiger partial charge >= 0.3 is 0 Å². The number of aromatic nitrogens is 2. The summed E-state index contributed by atoms with van der Waals surface area (Å²) in [5.74, 6) is 0.824. The van der Waals surface area contributed by atoms with Crippen molar-refractivity contribution in [2.24, 2.45) is 0 Å². The molecule has 0 aliphatic carbocycles. The second-order valence-corrected chi connectivity index (χ2v) is 4.83. The monoisotopic (exact) mass is 270 g/mol. The van der Waals surface area contributed by atoms with Gasteiger partial charge in [-0.25, -0.2) is 4.98 Å². The zero-order valence-electron chi connectivity index (χ0n) is 8.27. The molecular weight excluding hydrogens is 260 g/mol. The largest absolute Gasteiger partial charge is 0.384 e. The van der Waals surface area contributed by atoms with Gasteiger partial charge in [0.25, 0.3) is 0 Å². The summed E-state index contributed by atoms with van der Waals surface area (Å²) in [4.78, 5) is 21.6. The number of amides is 1. The molecule has 1 saturated heterocycles. The van der Waals surface area contributed by atoms with Crippen LogP contribution in [0.2, 0.25) is 0 Å². The molecule has 5 nitrogen and oxygen atoms in total. The fourth-order valence-corrected chi connectivity index (χ4v) is 2.12. The molecule has 80 valence electrons. The van der Waals surface area contributed by atoms with Crippen molar-refractivity contribution < 1.29 is 4.79 Å². The first-order valence-corrected chi connectivity index (χ1v) is 5.53. The van der Waals surface area contributed by atoms with Gasteiger partial charge in [0, 0.05) is 29.6 Å². The first-order valence-electron chi connectivity index (χ1n) is 4.62. The molecule has 1 aromatic rings. The number of nitrogens with two attached hydrogens (primary N) is 1. The van der Waals surface area contributed by atoms with Gasteiger partial charge in [0.1, 0.15) is 5.82 Å². The molecular formula is C9H11BrN4O. The van der Waals surface area contributed by atoms with Gasteiger partial charge in [0.2, 0.25) is 11.9 Å². The molecule has 0 spiro atoms. The standard InChI is InChI=1S/C9H11BrN4O/c1-5-2-7(11)13-9(12-5)14-4-6(10)3-8(14)15/h2,6H,3-4H2,1H3,(H2,11,12,13). The van der Waals surface area contributed by atoms with Crippen LogP contribution in [0.25, 0.3) is 0 Å². The number of nitrogens with zero attached hydrogens (tertiary/aromatic N) is 3. The number of hydrogen-bond donors (Lipinski definition) is 1. The van der Waals surface area contributed by atoms with Gasteiger partial charge in [0.15, 0.2) is 0 Å². The Morgan fingerprint density at radius 3 is 2.87 bits per heavy atom. The number of alkyl halides is 1. The van der Waals surface area contributed by atoms with Crippen molar-refractivity contribution in [3.05, 3.63) is 11.8 Å². The van der Waals surface area contributed by atoms with Crippen LogP contribution in [0.3, 0.4) is 0 Å². The Labute approximate surface area is 95.8 Å². The molecule has 2 rings (SSSR count). The van der Waals surface area contributed by atoms with Crippen LogP contribution >= 0.6 is 15.9 Å². The Bertz CT molecular complexity index is 389. The number of carbonyl (C=O) groups excluding carboxylic acids is 1. The van der Waals surface area contributed by atoms with E-state index in [0.29, 0.717) is 24.7 Å². The van der Waals surface area contributed by atoms with Crippen LogP contribution in [0.1, 0.15) is 12.1 Å². The van der Waals surface area contributed by atoms with E-state index in [0.717, 1.165) is 5.69 Å². The highest BCUT2D eigenvalue weighted by molar-refractivity contribution is 9.09. The van der Waals surface area contributed by atoms with Gasteiger partial charge in [-0.15, -0.1) is 0 Å². The minimum Gasteiger partial charge on any atom is -0.384 e. The molecule has 1 amide bonds. The highest BCUT2D eigenvalue weighted by atomic mass is 79.9. The summed E-state index contributed by atoms with van der Waals surface area (Å²) in [5, 5.41) is 0. The van der Waals surface area contributed by atoms with E-state index < -0.39 is 0 Å². The Morgan fingerprint density at radius 2 is 2.33 bits per heavy atom. The van der Waals surface area contributed by atoms with Crippen LogP contribution in [0.4, 0.5) is 11.8 Å². The van der Waals surface area contributed by atoms with Crippen molar-refractivity contribution in [2.45, 2.75) is 18.2 Å². The first kappa shape index (κ1) is 10.4. The van der Waals surface area contributed by atoms with Crippen LogP contribution in [-0.2, 0) is 4.79 Å². The van der Waals surface area contributed by atoms with Crippen molar-refractivity contribution in [3.8, 4) is 0 Å². The van der Waals surface area contributed by atoms with E-state index in [1.54, 1.807) is 11.0 Å². The maximum absolute atomic E-state index is 11.6. The van der Waals surface area contributed by atoms with Crippen LogP contribution in [0, 0.1) is 6.92 Å². The molecule has 0 aromatic carbocycles. The molecule has 1 fully saturated rings.